The van der Waals surface area contributed by atoms with Gasteiger partial charge in [-0.1, -0.05) is 0 Å². The number of benzene rings is 2. The fourth-order valence-electron chi connectivity index (χ4n) is 3.35. The van der Waals surface area contributed by atoms with E-state index in [9.17, 15) is 13.5 Å². The van der Waals surface area contributed by atoms with Crippen LogP contribution in [-0.4, -0.2) is 29.0 Å². The molecule has 4 rings (SSSR count). The Balaban J connectivity index is 1.73. The number of aromatic nitrogens is 2. The van der Waals surface area contributed by atoms with Crippen molar-refractivity contribution >= 4 is 21.4 Å². The summed E-state index contributed by atoms with van der Waals surface area (Å²) in [5.74, 6) is 0.198. The van der Waals surface area contributed by atoms with Crippen molar-refractivity contribution in [3.63, 3.8) is 0 Å². The van der Waals surface area contributed by atoms with Crippen LogP contribution in [0.3, 0.4) is 0 Å². The summed E-state index contributed by atoms with van der Waals surface area (Å²) in [6.07, 6.45) is 4.47. The zero-order valence-electron chi connectivity index (χ0n) is 15.8. The summed E-state index contributed by atoms with van der Waals surface area (Å²) in [7, 11) is -3.76. The first-order chi connectivity index (χ1) is 13.8. The van der Waals surface area contributed by atoms with Gasteiger partial charge >= 0.3 is 0 Å². The van der Waals surface area contributed by atoms with Crippen LogP contribution in [0.5, 0.6) is 5.75 Å². The molecule has 0 bridgehead atoms. The normalized spacial score (nSPS) is 16.8. The van der Waals surface area contributed by atoms with Gasteiger partial charge in [-0.2, -0.15) is 10.2 Å². The number of sulfonamides is 1. The molecule has 1 aliphatic heterocycles. The Labute approximate surface area is 168 Å². The molecule has 1 aromatic heterocycles. The molecule has 0 amide bonds. The van der Waals surface area contributed by atoms with Crippen molar-refractivity contribution in [1.82, 2.24) is 9.78 Å². The van der Waals surface area contributed by atoms with Crippen LogP contribution in [0, 0.1) is 0 Å². The minimum Gasteiger partial charge on any atom is -0.508 e. The summed E-state index contributed by atoms with van der Waals surface area (Å²) in [5, 5.41) is 25.8. The first kappa shape index (κ1) is 19.2. The molecule has 9 heteroatoms. The predicted molar refractivity (Wildman–Crippen MR) is 110 cm³/mol. The number of primary sulfonamides is 1. The molecule has 0 fully saturated rings. The largest absolute Gasteiger partial charge is 0.508 e. The van der Waals surface area contributed by atoms with Gasteiger partial charge in [-0.25, -0.2) is 13.6 Å². The van der Waals surface area contributed by atoms with E-state index in [1.165, 1.54) is 12.1 Å². The van der Waals surface area contributed by atoms with Crippen molar-refractivity contribution in [3.05, 3.63) is 72.1 Å². The lowest BCUT2D eigenvalue weighted by Gasteiger charge is -2.22. The number of aryl methyl sites for hydroxylation is 1. The molecular weight excluding hydrogens is 390 g/mol. The summed E-state index contributed by atoms with van der Waals surface area (Å²) in [5.41, 5.74) is 3.55. The summed E-state index contributed by atoms with van der Waals surface area (Å²) in [4.78, 5) is 0.0542. The Morgan fingerprint density at radius 1 is 1.14 bits per heavy atom. The molecule has 3 aromatic rings. The van der Waals surface area contributed by atoms with Gasteiger partial charge in [-0.3, -0.25) is 9.69 Å². The molecule has 1 atom stereocenters. The minimum absolute atomic E-state index is 0.0542. The van der Waals surface area contributed by atoms with Gasteiger partial charge in [0.1, 0.15) is 5.75 Å². The van der Waals surface area contributed by atoms with Gasteiger partial charge in [0.25, 0.3) is 0 Å². The van der Waals surface area contributed by atoms with Crippen molar-refractivity contribution in [1.29, 1.82) is 0 Å². The van der Waals surface area contributed by atoms with Gasteiger partial charge in [0.15, 0.2) is 0 Å². The fourth-order valence-corrected chi connectivity index (χ4v) is 3.86. The molecule has 0 aliphatic carbocycles. The second kappa shape index (κ2) is 7.34. The minimum atomic E-state index is -3.76. The van der Waals surface area contributed by atoms with Gasteiger partial charge in [0.05, 0.1) is 28.5 Å². The fraction of sp³-hybridized carbons (Fsp3) is 0.200. The van der Waals surface area contributed by atoms with Crippen LogP contribution in [0.15, 0.2) is 70.9 Å². The highest BCUT2D eigenvalue weighted by Gasteiger charge is 2.31. The maximum absolute atomic E-state index is 11.6. The van der Waals surface area contributed by atoms with Gasteiger partial charge in [-0.05, 0) is 61.0 Å². The molecule has 0 radical (unpaired) electrons. The van der Waals surface area contributed by atoms with Gasteiger partial charge < -0.3 is 5.11 Å². The third kappa shape index (κ3) is 3.87. The molecule has 29 heavy (non-hydrogen) atoms. The highest BCUT2D eigenvalue weighted by molar-refractivity contribution is 7.89. The first-order valence-electron chi connectivity index (χ1n) is 9.16. The van der Waals surface area contributed by atoms with E-state index in [2.05, 4.69) is 5.10 Å². The summed E-state index contributed by atoms with van der Waals surface area (Å²) in [6.45, 7) is 2.79. The summed E-state index contributed by atoms with van der Waals surface area (Å²) < 4.78 is 25.0. The predicted octanol–water partition coefficient (Wildman–Crippen LogP) is 2.61. The molecule has 3 N–H and O–H groups in total. The zero-order chi connectivity index (χ0) is 20.6. The molecule has 2 heterocycles. The van der Waals surface area contributed by atoms with Crippen LogP contribution in [0.2, 0.25) is 0 Å². The Kier molecular flexibility index (Phi) is 4.85. The maximum Gasteiger partial charge on any atom is 0.238 e. The Morgan fingerprint density at radius 2 is 1.83 bits per heavy atom. The Morgan fingerprint density at radius 3 is 2.41 bits per heavy atom. The number of anilines is 1. The number of phenols is 1. The van der Waals surface area contributed by atoms with E-state index in [-0.39, 0.29) is 16.7 Å². The van der Waals surface area contributed by atoms with Gasteiger partial charge in [0, 0.05) is 24.7 Å². The van der Waals surface area contributed by atoms with E-state index in [0.717, 1.165) is 29.1 Å². The third-order valence-corrected chi connectivity index (χ3v) is 5.83. The van der Waals surface area contributed by atoms with Gasteiger partial charge in [0.2, 0.25) is 10.0 Å². The number of phenolic OH excluding ortho intramolecular Hbond substituents is 1. The Bertz CT molecular complexity index is 1150. The lowest BCUT2D eigenvalue weighted by Crippen LogP contribution is -2.18. The number of hydrogen-bond donors (Lipinski definition) is 2. The average molecular weight is 411 g/mol. The van der Waals surface area contributed by atoms with Crippen molar-refractivity contribution in [3.8, 4) is 5.75 Å². The molecule has 0 saturated carbocycles. The highest BCUT2D eigenvalue weighted by atomic mass is 32.2. The van der Waals surface area contributed by atoms with E-state index in [1.54, 1.807) is 24.3 Å². The topological polar surface area (TPSA) is 114 Å². The second-order valence-electron chi connectivity index (χ2n) is 6.83. The average Bonchev–Trinajstić information content (AvgIpc) is 3.35. The van der Waals surface area contributed by atoms with Crippen molar-refractivity contribution in [2.45, 2.75) is 30.8 Å². The number of nitrogens with zero attached hydrogens (tertiary/aromatic N) is 4. The Hall–Kier alpha value is -3.17. The lowest BCUT2D eigenvalue weighted by molar-refractivity contribution is 0.475. The number of nitrogens with two attached hydrogens (primary N) is 1. The zero-order valence-corrected chi connectivity index (χ0v) is 16.6. The van der Waals surface area contributed by atoms with Crippen molar-refractivity contribution in [2.24, 2.45) is 10.2 Å². The van der Waals surface area contributed by atoms with E-state index >= 15 is 0 Å². The van der Waals surface area contributed by atoms with E-state index < -0.39 is 10.0 Å². The van der Waals surface area contributed by atoms with Crippen LogP contribution in [0.1, 0.15) is 30.5 Å². The number of hydrazone groups is 1. The number of rotatable bonds is 5. The number of aromatic hydroxyl groups is 1. The highest BCUT2D eigenvalue weighted by Crippen LogP contribution is 2.37. The summed E-state index contributed by atoms with van der Waals surface area (Å²) in [6, 6.07) is 13.2. The SMILES string of the molecule is CCn1cc(C2CC(c3ccc(O)cc3)=NN2c2ccc(S(N)(=O)=O)cc2)cn1. The summed E-state index contributed by atoms with van der Waals surface area (Å²) >= 11 is 0. The quantitative estimate of drug-likeness (QED) is 0.670. The number of hydrogen-bond acceptors (Lipinski definition) is 6. The van der Waals surface area contributed by atoms with Crippen LogP contribution >= 0.6 is 0 Å². The maximum atomic E-state index is 11.6. The van der Waals surface area contributed by atoms with Crippen LogP contribution in [-0.2, 0) is 16.6 Å². The molecule has 0 saturated heterocycles. The molecule has 2 aromatic carbocycles. The van der Waals surface area contributed by atoms with E-state index in [1.807, 2.05) is 41.1 Å². The van der Waals surface area contributed by atoms with E-state index in [0.29, 0.717) is 6.42 Å². The molecule has 8 nitrogen and oxygen atoms in total. The van der Waals surface area contributed by atoms with Crippen LogP contribution in [0.4, 0.5) is 5.69 Å². The van der Waals surface area contributed by atoms with Crippen LogP contribution in [0.25, 0.3) is 0 Å². The first-order valence-corrected chi connectivity index (χ1v) is 10.7. The molecule has 0 spiro atoms. The lowest BCUT2D eigenvalue weighted by atomic mass is 10.0. The monoisotopic (exact) mass is 411 g/mol. The molecule has 1 unspecified atom stereocenters. The molecule has 1 aliphatic rings. The molecule has 150 valence electrons. The van der Waals surface area contributed by atoms with Crippen LogP contribution < -0.4 is 10.1 Å². The second-order valence-corrected chi connectivity index (χ2v) is 8.39. The van der Waals surface area contributed by atoms with Gasteiger partial charge in [-0.15, -0.1) is 0 Å². The van der Waals surface area contributed by atoms with Crippen molar-refractivity contribution < 1.29 is 13.5 Å². The standard InChI is InChI=1S/C20H21N5O3S/c1-2-24-13-15(12-22-24)20-11-19(14-3-7-17(26)8-4-14)23-25(20)16-5-9-18(10-6-16)29(21,27)28/h3-10,12-13,20,26H,2,11H2,1H3,(H2,21,27,28). The third-order valence-electron chi connectivity index (χ3n) is 4.90. The van der Waals surface area contributed by atoms with Crippen molar-refractivity contribution in [2.75, 3.05) is 5.01 Å². The molecular formula is C20H21N5O3S. The smallest absolute Gasteiger partial charge is 0.238 e. The van der Waals surface area contributed by atoms with E-state index in [4.69, 9.17) is 10.2 Å².